The zero-order valence-electron chi connectivity index (χ0n) is 26.9. The van der Waals surface area contributed by atoms with Crippen LogP contribution in [0.5, 0.6) is 0 Å². The molecule has 1 saturated carbocycles. The average Bonchev–Trinajstić information content (AvgIpc) is 3.84. The summed E-state index contributed by atoms with van der Waals surface area (Å²) in [4.78, 5) is 57.8. The quantitative estimate of drug-likeness (QED) is 0.340. The molecule has 3 aromatic rings. The summed E-state index contributed by atoms with van der Waals surface area (Å²) >= 11 is 0. The molecule has 0 radical (unpaired) electrons. The number of rotatable bonds is 10. The van der Waals surface area contributed by atoms with Crippen LogP contribution in [0.25, 0.3) is 10.8 Å². The lowest BCUT2D eigenvalue weighted by Crippen LogP contribution is -2.65. The van der Waals surface area contributed by atoms with Gasteiger partial charge < -0.3 is 25.2 Å². The number of nitrogens with one attached hydrogen (secondary N) is 2. The number of nitrogens with zero attached hydrogens (tertiary/aromatic N) is 2. The van der Waals surface area contributed by atoms with Crippen LogP contribution in [-0.4, -0.2) is 77.5 Å². The van der Waals surface area contributed by atoms with Crippen molar-refractivity contribution in [1.29, 1.82) is 0 Å². The van der Waals surface area contributed by atoms with E-state index in [1.807, 2.05) is 42.5 Å². The molecule has 1 heterocycles. The number of piperazine rings is 1. The third kappa shape index (κ3) is 8.21. The third-order valence-corrected chi connectivity index (χ3v) is 8.57. The number of likely N-dealkylation sites (N-methyl/N-ethyl adjacent to an activating group) is 1. The zero-order chi connectivity index (χ0) is 33.0. The second-order valence-electron chi connectivity index (χ2n) is 13.3. The van der Waals surface area contributed by atoms with Gasteiger partial charge in [0, 0.05) is 33.0 Å². The molecule has 10 heteroatoms. The van der Waals surface area contributed by atoms with E-state index in [-0.39, 0.29) is 31.3 Å². The van der Waals surface area contributed by atoms with Crippen LogP contribution >= 0.6 is 0 Å². The normalized spacial score (nSPS) is 18.2. The summed E-state index contributed by atoms with van der Waals surface area (Å²) in [7, 11) is 1.56. The zero-order valence-corrected chi connectivity index (χ0v) is 26.9. The Hall–Kier alpha value is -4.47. The van der Waals surface area contributed by atoms with Gasteiger partial charge in [0.25, 0.3) is 0 Å². The molecule has 0 spiro atoms. The highest BCUT2D eigenvalue weighted by Gasteiger charge is 2.45. The van der Waals surface area contributed by atoms with Crippen LogP contribution < -0.4 is 10.6 Å². The Bertz CT molecular complexity index is 1580. The lowest BCUT2D eigenvalue weighted by Gasteiger charge is -2.44. The highest BCUT2D eigenvalue weighted by atomic mass is 19.1. The van der Waals surface area contributed by atoms with Crippen molar-refractivity contribution >= 4 is 34.6 Å². The Kier molecular flexibility index (Phi) is 9.94. The maximum atomic E-state index is 14.3. The Labute approximate surface area is 269 Å². The van der Waals surface area contributed by atoms with Gasteiger partial charge in [-0.2, -0.15) is 0 Å². The number of hydrogen-bond donors (Lipinski definition) is 2. The van der Waals surface area contributed by atoms with Gasteiger partial charge >= 0.3 is 6.09 Å². The number of carbonyl (C=O) groups excluding carboxylic acids is 4. The highest BCUT2D eigenvalue weighted by Crippen LogP contribution is 2.36. The Balaban J connectivity index is 1.40. The van der Waals surface area contributed by atoms with Crippen molar-refractivity contribution in [2.24, 2.45) is 5.92 Å². The highest BCUT2D eigenvalue weighted by molar-refractivity contribution is 5.95. The molecule has 5 rings (SSSR count). The molecule has 2 aliphatic rings. The number of amides is 4. The molecular formula is C36H43FN4O5. The second kappa shape index (κ2) is 13.9. The van der Waals surface area contributed by atoms with Crippen LogP contribution in [0.15, 0.2) is 66.7 Å². The summed E-state index contributed by atoms with van der Waals surface area (Å²) in [5, 5.41) is 7.58. The first-order chi connectivity index (χ1) is 21.9. The Morgan fingerprint density at radius 2 is 1.61 bits per heavy atom. The minimum absolute atomic E-state index is 0.0890. The molecule has 0 bridgehead atoms. The summed E-state index contributed by atoms with van der Waals surface area (Å²) in [5.41, 5.74) is 0.789. The van der Waals surface area contributed by atoms with Crippen LogP contribution in [0, 0.1) is 11.7 Å². The van der Waals surface area contributed by atoms with Gasteiger partial charge in [0.05, 0.1) is 0 Å². The van der Waals surface area contributed by atoms with Crippen molar-refractivity contribution in [1.82, 2.24) is 20.4 Å². The van der Waals surface area contributed by atoms with Gasteiger partial charge in [-0.25, -0.2) is 9.18 Å². The van der Waals surface area contributed by atoms with E-state index < -0.39 is 41.5 Å². The molecule has 3 unspecified atom stereocenters. The third-order valence-electron chi connectivity index (χ3n) is 8.57. The van der Waals surface area contributed by atoms with E-state index in [4.69, 9.17) is 4.74 Å². The monoisotopic (exact) mass is 630 g/mol. The molecule has 4 amide bonds. The largest absolute Gasteiger partial charge is 0.444 e. The van der Waals surface area contributed by atoms with Gasteiger partial charge in [0.1, 0.15) is 29.5 Å². The number of halogens is 1. The van der Waals surface area contributed by atoms with Gasteiger partial charge in [0.2, 0.25) is 17.7 Å². The fraction of sp³-hybridized carbons (Fsp3) is 0.444. The molecule has 9 nitrogen and oxygen atoms in total. The molecule has 3 aromatic carbocycles. The van der Waals surface area contributed by atoms with Crippen molar-refractivity contribution in [2.45, 2.75) is 76.6 Å². The van der Waals surface area contributed by atoms with Gasteiger partial charge in [-0.1, -0.05) is 67.4 Å². The predicted molar refractivity (Wildman–Crippen MR) is 173 cm³/mol. The molecule has 3 atom stereocenters. The summed E-state index contributed by atoms with van der Waals surface area (Å²) < 4.78 is 19.1. The first-order valence-corrected chi connectivity index (χ1v) is 16.0. The van der Waals surface area contributed by atoms with Crippen molar-refractivity contribution in [2.75, 3.05) is 20.1 Å². The molecule has 1 saturated heterocycles. The minimum atomic E-state index is -1.05. The fourth-order valence-corrected chi connectivity index (χ4v) is 6.08. The van der Waals surface area contributed by atoms with Crippen LogP contribution in [0.3, 0.4) is 0 Å². The van der Waals surface area contributed by atoms with Gasteiger partial charge in [-0.15, -0.1) is 0 Å². The van der Waals surface area contributed by atoms with Crippen LogP contribution in [0.2, 0.25) is 0 Å². The van der Waals surface area contributed by atoms with E-state index in [0.29, 0.717) is 24.3 Å². The number of ether oxygens (including phenoxy) is 1. The minimum Gasteiger partial charge on any atom is -0.444 e. The second-order valence-corrected chi connectivity index (χ2v) is 13.3. The predicted octanol–water partition coefficient (Wildman–Crippen LogP) is 4.61. The molecule has 46 heavy (non-hydrogen) atoms. The standard InChI is InChI=1S/C36H43FN4O5/c1-36(2,3)46-35(45)39-29(20-23-12-15-28(37)16-13-23)33(43)41-18-17-40(34(44)31(41)21-24-9-10-24)30(32(42)38-4)22-25-11-14-26-7-5-6-8-27(26)19-25/h5-8,11-16,19,24,29-31H,9-10,17-18,20-22H2,1-4H3,(H,38,42)(H,39,45). The van der Waals surface area contributed by atoms with Crippen LogP contribution in [0.4, 0.5) is 9.18 Å². The van der Waals surface area contributed by atoms with E-state index in [2.05, 4.69) is 10.6 Å². The van der Waals surface area contributed by atoms with E-state index >= 15 is 0 Å². The molecule has 2 fully saturated rings. The van der Waals surface area contributed by atoms with E-state index in [0.717, 1.165) is 29.2 Å². The molecule has 1 aliphatic carbocycles. The fourth-order valence-electron chi connectivity index (χ4n) is 6.08. The average molecular weight is 631 g/mol. The summed E-state index contributed by atoms with van der Waals surface area (Å²) in [6.07, 6.45) is 2.08. The Morgan fingerprint density at radius 1 is 0.935 bits per heavy atom. The lowest BCUT2D eigenvalue weighted by molar-refractivity contribution is -0.157. The van der Waals surface area contributed by atoms with Gasteiger partial charge in [-0.05, 0) is 67.1 Å². The van der Waals surface area contributed by atoms with Crippen molar-refractivity contribution in [3.8, 4) is 0 Å². The van der Waals surface area contributed by atoms with E-state index in [1.165, 1.54) is 12.1 Å². The molecule has 1 aliphatic heterocycles. The summed E-state index contributed by atoms with van der Waals surface area (Å²) in [6.45, 7) is 5.55. The summed E-state index contributed by atoms with van der Waals surface area (Å²) in [6, 6.07) is 17.2. The number of carbonyl (C=O) groups is 4. The molecule has 2 N–H and O–H groups in total. The lowest BCUT2D eigenvalue weighted by atomic mass is 9.96. The first kappa shape index (κ1) is 32.9. The molecule has 0 aromatic heterocycles. The van der Waals surface area contributed by atoms with Crippen molar-refractivity contribution in [3.05, 3.63) is 83.7 Å². The van der Waals surface area contributed by atoms with Gasteiger partial charge in [-0.3, -0.25) is 14.4 Å². The van der Waals surface area contributed by atoms with Crippen LogP contribution in [0.1, 0.15) is 51.2 Å². The smallest absolute Gasteiger partial charge is 0.408 e. The number of alkyl carbamates (subject to hydrolysis) is 1. The first-order valence-electron chi connectivity index (χ1n) is 16.0. The maximum Gasteiger partial charge on any atom is 0.408 e. The van der Waals surface area contributed by atoms with E-state index in [1.54, 1.807) is 49.8 Å². The number of hydrogen-bond acceptors (Lipinski definition) is 5. The van der Waals surface area contributed by atoms with Crippen molar-refractivity contribution in [3.63, 3.8) is 0 Å². The molecule has 244 valence electrons. The maximum absolute atomic E-state index is 14.3. The van der Waals surface area contributed by atoms with Gasteiger partial charge in [0.15, 0.2) is 0 Å². The number of benzene rings is 3. The molecular weight excluding hydrogens is 587 g/mol. The van der Waals surface area contributed by atoms with Crippen molar-refractivity contribution < 1.29 is 28.3 Å². The summed E-state index contributed by atoms with van der Waals surface area (Å²) in [5.74, 6) is -1.07. The topological polar surface area (TPSA) is 108 Å². The van der Waals surface area contributed by atoms with Crippen LogP contribution in [-0.2, 0) is 32.0 Å². The van der Waals surface area contributed by atoms with E-state index in [9.17, 15) is 23.6 Å². The number of fused-ring (bicyclic) bond motifs is 1. The Morgan fingerprint density at radius 3 is 2.26 bits per heavy atom. The SMILES string of the molecule is CNC(=O)C(Cc1ccc2ccccc2c1)N1CCN(C(=O)C(Cc2ccc(F)cc2)NC(=O)OC(C)(C)C)C(CC2CC2)C1=O.